The van der Waals surface area contributed by atoms with E-state index in [0.29, 0.717) is 12.5 Å². The van der Waals surface area contributed by atoms with Crippen LogP contribution in [0.25, 0.3) is 0 Å². The summed E-state index contributed by atoms with van der Waals surface area (Å²) in [5, 5.41) is 3.04. The third-order valence-corrected chi connectivity index (χ3v) is 3.55. The fourth-order valence-corrected chi connectivity index (χ4v) is 2.33. The molecule has 20 heavy (non-hydrogen) atoms. The van der Waals surface area contributed by atoms with Crippen LogP contribution in [0, 0.1) is 6.92 Å². The summed E-state index contributed by atoms with van der Waals surface area (Å²) < 4.78 is 0. The molecule has 0 radical (unpaired) electrons. The summed E-state index contributed by atoms with van der Waals surface area (Å²) in [4.78, 5) is 12.1. The molecular weight excluding hydrogens is 246 g/mol. The van der Waals surface area contributed by atoms with E-state index in [1.54, 1.807) is 0 Å². The Balaban J connectivity index is 1.98. The molecule has 104 valence electrons. The molecule has 1 atom stereocenters. The van der Waals surface area contributed by atoms with Crippen molar-refractivity contribution in [3.05, 3.63) is 71.3 Å². The summed E-state index contributed by atoms with van der Waals surface area (Å²) in [6.45, 7) is 4.82. The van der Waals surface area contributed by atoms with Gasteiger partial charge in [-0.05, 0) is 31.0 Å². The minimum absolute atomic E-state index is 0.00285. The molecule has 0 spiro atoms. The molecule has 1 amide bonds. The lowest BCUT2D eigenvalue weighted by Gasteiger charge is -2.16. The quantitative estimate of drug-likeness (QED) is 0.874. The van der Waals surface area contributed by atoms with Crippen LogP contribution in [0.1, 0.15) is 40.7 Å². The third-order valence-electron chi connectivity index (χ3n) is 3.55. The number of aryl methyl sites for hydroxylation is 1. The molecule has 0 aliphatic rings. The predicted molar refractivity (Wildman–Crippen MR) is 83.0 cm³/mol. The van der Waals surface area contributed by atoms with Crippen LogP contribution in [0.5, 0.6) is 0 Å². The van der Waals surface area contributed by atoms with Gasteiger partial charge in [0, 0.05) is 18.0 Å². The minimum Gasteiger partial charge on any atom is -0.351 e. The average Bonchev–Trinajstić information content (AvgIpc) is 2.49. The van der Waals surface area contributed by atoms with Crippen LogP contribution in [0.4, 0.5) is 0 Å². The van der Waals surface area contributed by atoms with Crippen molar-refractivity contribution in [1.29, 1.82) is 0 Å². The van der Waals surface area contributed by atoms with E-state index in [4.69, 9.17) is 0 Å². The second-order valence-electron chi connectivity index (χ2n) is 5.10. The maximum Gasteiger partial charge on any atom is 0.251 e. The molecule has 2 nitrogen and oxygen atoms in total. The van der Waals surface area contributed by atoms with Crippen LogP contribution in [0.15, 0.2) is 54.6 Å². The number of hydrogen-bond acceptors (Lipinski definition) is 1. The Morgan fingerprint density at radius 3 is 2.50 bits per heavy atom. The molecule has 0 bridgehead atoms. The van der Waals surface area contributed by atoms with Crippen LogP contribution >= 0.6 is 0 Å². The number of hydrogen-bond donors (Lipinski definition) is 1. The smallest absolute Gasteiger partial charge is 0.251 e. The highest BCUT2D eigenvalue weighted by Gasteiger charge is 2.11. The van der Waals surface area contributed by atoms with E-state index < -0.39 is 0 Å². The maximum absolute atomic E-state index is 12.1. The minimum atomic E-state index is 0.00285. The van der Waals surface area contributed by atoms with Gasteiger partial charge in [0.15, 0.2) is 0 Å². The van der Waals surface area contributed by atoms with Crippen LogP contribution in [0.3, 0.4) is 0 Å². The van der Waals surface area contributed by atoms with Crippen molar-refractivity contribution in [3.8, 4) is 0 Å². The highest BCUT2D eigenvalue weighted by molar-refractivity contribution is 5.94. The van der Waals surface area contributed by atoms with E-state index in [9.17, 15) is 4.79 Å². The van der Waals surface area contributed by atoms with E-state index >= 15 is 0 Å². The van der Waals surface area contributed by atoms with Gasteiger partial charge in [0.25, 0.3) is 5.91 Å². The van der Waals surface area contributed by atoms with Gasteiger partial charge in [0.2, 0.25) is 0 Å². The van der Waals surface area contributed by atoms with Gasteiger partial charge in [-0.3, -0.25) is 4.79 Å². The second-order valence-corrected chi connectivity index (χ2v) is 5.10. The summed E-state index contributed by atoms with van der Waals surface area (Å²) in [6.07, 6.45) is 1.01. The van der Waals surface area contributed by atoms with Crippen molar-refractivity contribution >= 4 is 5.91 Å². The summed E-state index contributed by atoms with van der Waals surface area (Å²) in [5.74, 6) is 0.369. The number of nitrogens with one attached hydrogen (secondary N) is 1. The highest BCUT2D eigenvalue weighted by atomic mass is 16.1. The molecule has 0 heterocycles. The number of carbonyl (C=O) groups is 1. The molecule has 2 rings (SSSR count). The monoisotopic (exact) mass is 267 g/mol. The van der Waals surface area contributed by atoms with E-state index in [0.717, 1.165) is 17.5 Å². The van der Waals surface area contributed by atoms with Gasteiger partial charge in [0.1, 0.15) is 0 Å². The molecular formula is C18H21NO. The number of amides is 1. The Morgan fingerprint density at radius 2 is 1.85 bits per heavy atom. The fourth-order valence-electron chi connectivity index (χ4n) is 2.33. The van der Waals surface area contributed by atoms with Crippen molar-refractivity contribution in [2.24, 2.45) is 0 Å². The molecule has 0 aliphatic carbocycles. The first-order valence-electron chi connectivity index (χ1n) is 7.10. The van der Waals surface area contributed by atoms with Gasteiger partial charge >= 0.3 is 0 Å². The van der Waals surface area contributed by atoms with Crippen molar-refractivity contribution in [3.63, 3.8) is 0 Å². The molecule has 0 saturated carbocycles. The third kappa shape index (κ3) is 3.70. The van der Waals surface area contributed by atoms with Crippen molar-refractivity contribution in [2.75, 3.05) is 6.54 Å². The Morgan fingerprint density at radius 1 is 1.10 bits per heavy atom. The first kappa shape index (κ1) is 14.3. The average molecular weight is 267 g/mol. The molecule has 1 unspecified atom stereocenters. The van der Waals surface area contributed by atoms with E-state index in [-0.39, 0.29) is 5.91 Å². The molecule has 0 aromatic heterocycles. The van der Waals surface area contributed by atoms with Crippen molar-refractivity contribution < 1.29 is 4.79 Å². The van der Waals surface area contributed by atoms with Gasteiger partial charge < -0.3 is 5.32 Å². The summed E-state index contributed by atoms with van der Waals surface area (Å²) in [6, 6.07) is 18.0. The Bertz CT molecular complexity index is 563. The molecule has 0 saturated heterocycles. The lowest BCUT2D eigenvalue weighted by Crippen LogP contribution is -2.28. The Labute approximate surface area is 120 Å². The topological polar surface area (TPSA) is 29.1 Å². The van der Waals surface area contributed by atoms with Gasteiger partial charge in [0.05, 0.1) is 0 Å². The molecule has 0 fully saturated rings. The number of benzene rings is 2. The number of rotatable bonds is 5. The number of carbonyl (C=O) groups excluding carboxylic acids is 1. The lowest BCUT2D eigenvalue weighted by molar-refractivity contribution is 0.0951. The summed E-state index contributed by atoms with van der Waals surface area (Å²) >= 11 is 0. The van der Waals surface area contributed by atoms with Crippen LogP contribution in [-0.4, -0.2) is 12.5 Å². The van der Waals surface area contributed by atoms with E-state index in [2.05, 4.69) is 24.4 Å². The largest absolute Gasteiger partial charge is 0.351 e. The SMILES string of the molecule is CCC(CNC(=O)c1cccc(C)c1)c1ccccc1. The first-order chi connectivity index (χ1) is 9.70. The standard InChI is InChI=1S/C18H21NO/c1-3-15(16-9-5-4-6-10-16)13-19-18(20)17-11-7-8-14(2)12-17/h4-12,15H,3,13H2,1-2H3,(H,19,20). The zero-order chi connectivity index (χ0) is 14.4. The summed E-state index contributed by atoms with van der Waals surface area (Å²) in [7, 11) is 0. The molecule has 0 aliphatic heterocycles. The van der Waals surface area contributed by atoms with Gasteiger partial charge in [-0.25, -0.2) is 0 Å². The highest BCUT2D eigenvalue weighted by Crippen LogP contribution is 2.18. The fraction of sp³-hybridized carbons (Fsp3) is 0.278. The summed E-state index contributed by atoms with van der Waals surface area (Å²) in [5.41, 5.74) is 3.11. The van der Waals surface area contributed by atoms with Crippen LogP contribution < -0.4 is 5.32 Å². The molecule has 2 aromatic rings. The Hall–Kier alpha value is -2.09. The normalized spacial score (nSPS) is 11.9. The first-order valence-corrected chi connectivity index (χ1v) is 7.10. The van der Waals surface area contributed by atoms with Crippen molar-refractivity contribution in [1.82, 2.24) is 5.32 Å². The van der Waals surface area contributed by atoms with Gasteiger partial charge in [-0.15, -0.1) is 0 Å². The van der Waals surface area contributed by atoms with E-state index in [1.165, 1.54) is 5.56 Å². The predicted octanol–water partition coefficient (Wildman–Crippen LogP) is 3.92. The lowest BCUT2D eigenvalue weighted by atomic mass is 9.96. The van der Waals surface area contributed by atoms with Gasteiger partial charge in [-0.1, -0.05) is 55.0 Å². The van der Waals surface area contributed by atoms with Crippen LogP contribution in [-0.2, 0) is 0 Å². The second kappa shape index (κ2) is 6.90. The molecule has 1 N–H and O–H groups in total. The van der Waals surface area contributed by atoms with Crippen molar-refractivity contribution in [2.45, 2.75) is 26.2 Å². The zero-order valence-corrected chi connectivity index (χ0v) is 12.1. The Kier molecular flexibility index (Phi) is 4.94. The zero-order valence-electron chi connectivity index (χ0n) is 12.1. The molecule has 2 aromatic carbocycles. The van der Waals surface area contributed by atoms with E-state index in [1.807, 2.05) is 49.4 Å². The molecule has 2 heteroatoms. The van der Waals surface area contributed by atoms with Gasteiger partial charge in [-0.2, -0.15) is 0 Å². The van der Waals surface area contributed by atoms with Crippen LogP contribution in [0.2, 0.25) is 0 Å². The maximum atomic E-state index is 12.1.